The Hall–Kier alpha value is -2.93. The van der Waals surface area contributed by atoms with Crippen LogP contribution in [0.5, 0.6) is 0 Å². The van der Waals surface area contributed by atoms with E-state index in [9.17, 15) is 4.39 Å². The third-order valence-corrected chi connectivity index (χ3v) is 4.51. The van der Waals surface area contributed by atoms with Crippen LogP contribution in [0.2, 0.25) is 0 Å². The van der Waals surface area contributed by atoms with Gasteiger partial charge in [0.15, 0.2) is 0 Å². The van der Waals surface area contributed by atoms with Crippen LogP contribution in [0, 0.1) is 11.9 Å². The van der Waals surface area contributed by atoms with Crippen molar-refractivity contribution in [2.45, 2.75) is 0 Å². The van der Waals surface area contributed by atoms with E-state index in [0.29, 0.717) is 0 Å². The van der Waals surface area contributed by atoms with E-state index in [1.807, 2.05) is 0 Å². The summed E-state index contributed by atoms with van der Waals surface area (Å²) in [5.41, 5.74) is 0. The average Bonchev–Trinajstić information content (AvgIpc) is 2.56. The fourth-order valence-corrected chi connectivity index (χ4v) is 3.35. The molecule has 0 spiro atoms. The van der Waals surface area contributed by atoms with Gasteiger partial charge in [0, 0.05) is 6.07 Å². The van der Waals surface area contributed by atoms with E-state index < -0.39 is 0 Å². The Balaban J connectivity index is 1.90. The predicted octanol–water partition coefficient (Wildman–Crippen LogP) is 6.24. The normalized spacial score (nSPS) is 11.7. The highest BCUT2D eigenvalue weighted by atomic mass is 19.1. The van der Waals surface area contributed by atoms with Gasteiger partial charge in [-0.1, -0.05) is 24.3 Å². The number of rotatable bonds is 0. The van der Waals surface area contributed by atoms with Crippen LogP contribution >= 0.6 is 0 Å². The monoisotopic (exact) mass is 295 g/mol. The van der Waals surface area contributed by atoms with Crippen LogP contribution in [0.25, 0.3) is 43.1 Å². The quantitative estimate of drug-likeness (QED) is 0.297. The second-order valence-corrected chi connectivity index (χ2v) is 6.01. The molecule has 5 aromatic carbocycles. The Bertz CT molecular complexity index is 1220. The summed E-state index contributed by atoms with van der Waals surface area (Å²) in [6.45, 7) is 0. The Morgan fingerprint density at radius 3 is 1.52 bits per heavy atom. The third kappa shape index (κ3) is 1.97. The van der Waals surface area contributed by atoms with Crippen LogP contribution < -0.4 is 0 Å². The second-order valence-electron chi connectivity index (χ2n) is 6.01. The Morgan fingerprint density at radius 2 is 0.957 bits per heavy atom. The zero-order chi connectivity index (χ0) is 15.4. The first-order valence-corrected chi connectivity index (χ1v) is 7.64. The van der Waals surface area contributed by atoms with Crippen LogP contribution in [0.3, 0.4) is 0 Å². The summed E-state index contributed by atoms with van der Waals surface area (Å²) in [5.74, 6) is -0.316. The van der Waals surface area contributed by atoms with Gasteiger partial charge in [-0.25, -0.2) is 4.39 Å². The van der Waals surface area contributed by atoms with Crippen LogP contribution in [-0.2, 0) is 0 Å². The molecule has 0 heterocycles. The molecule has 0 saturated heterocycles. The molecular formula is C22H12F. The molecule has 0 saturated carbocycles. The largest absolute Gasteiger partial charge is 0.206 e. The van der Waals surface area contributed by atoms with E-state index in [-0.39, 0.29) is 5.82 Å². The van der Waals surface area contributed by atoms with Crippen molar-refractivity contribution in [2.24, 2.45) is 0 Å². The van der Waals surface area contributed by atoms with Gasteiger partial charge in [0.25, 0.3) is 0 Å². The Labute approximate surface area is 132 Å². The summed E-state index contributed by atoms with van der Waals surface area (Å²) in [7, 11) is 0. The van der Waals surface area contributed by atoms with Gasteiger partial charge in [-0.05, 0) is 91.6 Å². The molecule has 0 aliphatic heterocycles. The molecule has 0 bridgehead atoms. The van der Waals surface area contributed by atoms with Crippen LogP contribution in [0.1, 0.15) is 0 Å². The van der Waals surface area contributed by atoms with E-state index in [1.54, 1.807) is 12.1 Å². The molecule has 1 radical (unpaired) electrons. The average molecular weight is 295 g/mol. The van der Waals surface area contributed by atoms with Crippen molar-refractivity contribution < 1.29 is 4.39 Å². The lowest BCUT2D eigenvalue weighted by atomic mass is 9.97. The molecule has 0 atom stereocenters. The zero-order valence-electron chi connectivity index (χ0n) is 12.3. The molecule has 5 aromatic rings. The zero-order valence-corrected chi connectivity index (χ0v) is 12.3. The van der Waals surface area contributed by atoms with Crippen LogP contribution in [-0.4, -0.2) is 0 Å². The highest BCUT2D eigenvalue weighted by Gasteiger charge is 2.04. The molecule has 0 amide bonds. The highest BCUT2D eigenvalue weighted by Crippen LogP contribution is 2.30. The Morgan fingerprint density at radius 1 is 0.522 bits per heavy atom. The van der Waals surface area contributed by atoms with Crippen molar-refractivity contribution in [1.29, 1.82) is 0 Å². The van der Waals surface area contributed by atoms with E-state index in [4.69, 9.17) is 0 Å². The van der Waals surface area contributed by atoms with Crippen LogP contribution in [0.15, 0.2) is 72.8 Å². The minimum Gasteiger partial charge on any atom is -0.206 e. The first-order valence-electron chi connectivity index (χ1n) is 7.64. The fourth-order valence-electron chi connectivity index (χ4n) is 3.35. The fraction of sp³-hybridized carbons (Fsp3) is 0. The van der Waals surface area contributed by atoms with Crippen molar-refractivity contribution in [3.63, 3.8) is 0 Å². The predicted molar refractivity (Wildman–Crippen MR) is 95.3 cm³/mol. The summed E-state index contributed by atoms with van der Waals surface area (Å²) in [4.78, 5) is 0. The van der Waals surface area contributed by atoms with Crippen molar-refractivity contribution in [3.05, 3.63) is 84.7 Å². The van der Waals surface area contributed by atoms with Gasteiger partial charge in [0.05, 0.1) is 0 Å². The minimum atomic E-state index is -0.316. The molecule has 1 heteroatoms. The van der Waals surface area contributed by atoms with E-state index in [2.05, 4.69) is 66.7 Å². The van der Waals surface area contributed by atoms with Gasteiger partial charge < -0.3 is 0 Å². The van der Waals surface area contributed by atoms with E-state index in [1.165, 1.54) is 26.9 Å². The molecule has 5 rings (SSSR count). The number of halogens is 1. The lowest BCUT2D eigenvalue weighted by molar-refractivity contribution is 0.627. The molecule has 0 unspecified atom stereocenters. The first-order chi connectivity index (χ1) is 11.3. The first kappa shape index (κ1) is 12.6. The van der Waals surface area contributed by atoms with Crippen molar-refractivity contribution in [2.75, 3.05) is 0 Å². The number of benzene rings is 5. The third-order valence-electron chi connectivity index (χ3n) is 4.51. The summed E-state index contributed by atoms with van der Waals surface area (Å²) in [5, 5.41) is 9.13. The number of hydrogen-bond donors (Lipinski definition) is 0. The summed E-state index contributed by atoms with van der Waals surface area (Å²) >= 11 is 0. The smallest absolute Gasteiger partial charge is 0.131 e. The molecule has 0 aliphatic rings. The minimum absolute atomic E-state index is 0.316. The lowest BCUT2D eigenvalue weighted by Crippen LogP contribution is -1.81. The lowest BCUT2D eigenvalue weighted by Gasteiger charge is -2.07. The summed E-state index contributed by atoms with van der Waals surface area (Å²) in [6, 6.07) is 27.3. The molecule has 0 aliphatic carbocycles. The Kier molecular flexibility index (Phi) is 2.48. The maximum absolute atomic E-state index is 13.4. The van der Waals surface area contributed by atoms with Crippen molar-refractivity contribution in [3.8, 4) is 0 Å². The van der Waals surface area contributed by atoms with Gasteiger partial charge in [-0.3, -0.25) is 0 Å². The molecular weight excluding hydrogens is 283 g/mol. The van der Waals surface area contributed by atoms with E-state index in [0.717, 1.165) is 16.2 Å². The summed E-state index contributed by atoms with van der Waals surface area (Å²) in [6.07, 6.45) is 0. The van der Waals surface area contributed by atoms with Crippen molar-refractivity contribution in [1.82, 2.24) is 0 Å². The van der Waals surface area contributed by atoms with Gasteiger partial charge in [-0.15, -0.1) is 0 Å². The molecule has 0 nitrogen and oxygen atoms in total. The standard InChI is InChI=1S/C22H12F/c23-22-6-5-16-9-19-10-17-7-14-3-1-2-4-15(14)8-18(17)11-20(19)12-21(16)13-22/h1-5,7-13H. The van der Waals surface area contributed by atoms with Gasteiger partial charge >= 0.3 is 0 Å². The van der Waals surface area contributed by atoms with E-state index >= 15 is 0 Å². The molecule has 23 heavy (non-hydrogen) atoms. The SMILES string of the molecule is Fc1[c]cc2cc3cc4cc5ccccc5cc4cc3cc2c1. The van der Waals surface area contributed by atoms with Crippen LogP contribution in [0.4, 0.5) is 4.39 Å². The second kappa shape index (κ2) is 4.53. The molecule has 107 valence electrons. The van der Waals surface area contributed by atoms with Gasteiger partial charge in [0.1, 0.15) is 5.82 Å². The van der Waals surface area contributed by atoms with Gasteiger partial charge in [0.2, 0.25) is 0 Å². The highest BCUT2D eigenvalue weighted by molar-refractivity contribution is 6.08. The molecule has 0 aromatic heterocycles. The number of fused-ring (bicyclic) bond motifs is 4. The van der Waals surface area contributed by atoms with Crippen molar-refractivity contribution >= 4 is 43.1 Å². The van der Waals surface area contributed by atoms with Gasteiger partial charge in [-0.2, -0.15) is 0 Å². The summed E-state index contributed by atoms with van der Waals surface area (Å²) < 4.78 is 13.4. The topological polar surface area (TPSA) is 0 Å². The maximum Gasteiger partial charge on any atom is 0.131 e. The molecule has 0 fully saturated rings. The maximum atomic E-state index is 13.4. The molecule has 0 N–H and O–H groups in total. The number of hydrogen-bond acceptors (Lipinski definition) is 0.